The molecule has 1 aliphatic rings. The monoisotopic (exact) mass is 341 g/mol. The summed E-state index contributed by atoms with van der Waals surface area (Å²) in [5, 5.41) is 0. The van der Waals surface area contributed by atoms with Gasteiger partial charge in [0.25, 0.3) is 5.91 Å². The predicted octanol–water partition coefficient (Wildman–Crippen LogP) is 4.18. The first-order valence-electron chi connectivity index (χ1n) is 8.23. The molecule has 0 spiro atoms. The van der Waals surface area contributed by atoms with Crippen LogP contribution in [0.15, 0.2) is 42.5 Å². The first-order valence-corrected chi connectivity index (χ1v) is 8.23. The zero-order valence-corrected chi connectivity index (χ0v) is 14.5. The zero-order valence-electron chi connectivity index (χ0n) is 14.5. The largest absolute Gasteiger partial charge is 0.458 e. The molecule has 5 heteroatoms. The topological polar surface area (TPSA) is 46.6 Å². The summed E-state index contributed by atoms with van der Waals surface area (Å²) < 4.78 is 18.6. The molecule has 0 radical (unpaired) electrons. The molecule has 130 valence electrons. The van der Waals surface area contributed by atoms with Gasteiger partial charge in [-0.1, -0.05) is 17.7 Å². The second-order valence-corrected chi connectivity index (χ2v) is 6.43. The van der Waals surface area contributed by atoms with Gasteiger partial charge in [-0.2, -0.15) is 0 Å². The molecule has 0 saturated heterocycles. The summed E-state index contributed by atoms with van der Waals surface area (Å²) in [6, 6.07) is 11.1. The molecule has 2 aromatic carbocycles. The number of aryl methyl sites for hydroxylation is 1. The molecule has 2 aromatic rings. The van der Waals surface area contributed by atoms with Gasteiger partial charge in [-0.3, -0.25) is 9.59 Å². The number of ether oxygens (including phenoxy) is 1. The third kappa shape index (κ3) is 3.40. The molecule has 0 unspecified atom stereocenters. The molecule has 0 N–H and O–H groups in total. The third-order valence-electron chi connectivity index (χ3n) is 4.40. The van der Waals surface area contributed by atoms with Crippen molar-refractivity contribution in [3.05, 3.63) is 65.0 Å². The van der Waals surface area contributed by atoms with Crippen LogP contribution in [-0.4, -0.2) is 17.9 Å². The van der Waals surface area contributed by atoms with E-state index in [0.717, 1.165) is 16.8 Å². The van der Waals surface area contributed by atoms with Crippen molar-refractivity contribution in [3.63, 3.8) is 0 Å². The number of hydrogen-bond acceptors (Lipinski definition) is 3. The lowest BCUT2D eigenvalue weighted by Crippen LogP contribution is -2.43. The van der Waals surface area contributed by atoms with E-state index in [0.29, 0.717) is 12.0 Å². The van der Waals surface area contributed by atoms with Crippen LogP contribution in [0.3, 0.4) is 0 Å². The maximum absolute atomic E-state index is 13.2. The Morgan fingerprint density at radius 2 is 1.84 bits per heavy atom. The van der Waals surface area contributed by atoms with Crippen LogP contribution in [0, 0.1) is 12.7 Å². The Bertz CT molecular complexity index is 816. The third-order valence-corrected chi connectivity index (χ3v) is 4.40. The van der Waals surface area contributed by atoms with Crippen molar-refractivity contribution in [1.82, 2.24) is 0 Å². The lowest BCUT2D eigenvalue weighted by molar-refractivity contribution is -0.147. The van der Waals surface area contributed by atoms with Gasteiger partial charge < -0.3 is 9.64 Å². The predicted molar refractivity (Wildman–Crippen MR) is 93.0 cm³/mol. The van der Waals surface area contributed by atoms with Crippen LogP contribution in [0.2, 0.25) is 0 Å². The molecule has 0 saturated carbocycles. The fourth-order valence-electron chi connectivity index (χ4n) is 3.28. The van der Waals surface area contributed by atoms with Crippen molar-refractivity contribution in [2.75, 3.05) is 4.90 Å². The second-order valence-electron chi connectivity index (χ2n) is 6.43. The lowest BCUT2D eigenvalue weighted by atomic mass is 9.91. The van der Waals surface area contributed by atoms with E-state index >= 15 is 0 Å². The summed E-state index contributed by atoms with van der Waals surface area (Å²) in [4.78, 5) is 26.1. The molecule has 0 fully saturated rings. The summed E-state index contributed by atoms with van der Waals surface area (Å²) >= 11 is 0. The number of carbonyl (C=O) groups is 2. The van der Waals surface area contributed by atoms with Gasteiger partial charge in [0.2, 0.25) is 0 Å². The number of rotatable bonds is 2. The Balaban J connectivity index is 2.03. The number of anilines is 1. The Labute approximate surface area is 146 Å². The zero-order chi connectivity index (χ0) is 18.1. The van der Waals surface area contributed by atoms with Crippen LogP contribution in [0.4, 0.5) is 10.1 Å². The van der Waals surface area contributed by atoms with E-state index in [1.54, 1.807) is 4.90 Å². The number of carbonyl (C=O) groups excluding carboxylic acids is 2. The van der Waals surface area contributed by atoms with Crippen molar-refractivity contribution >= 4 is 17.6 Å². The van der Waals surface area contributed by atoms with Gasteiger partial charge in [0.05, 0.1) is 5.69 Å². The van der Waals surface area contributed by atoms with Gasteiger partial charge >= 0.3 is 5.97 Å². The lowest BCUT2D eigenvalue weighted by Gasteiger charge is -2.39. The van der Waals surface area contributed by atoms with Crippen LogP contribution >= 0.6 is 0 Å². The summed E-state index contributed by atoms with van der Waals surface area (Å²) in [5.41, 5.74) is 3.00. The number of fused-ring (bicyclic) bond motifs is 1. The maximum Gasteiger partial charge on any atom is 0.303 e. The molecule has 1 heterocycles. The van der Waals surface area contributed by atoms with E-state index in [4.69, 9.17) is 4.74 Å². The molecule has 0 aromatic heterocycles. The summed E-state index contributed by atoms with van der Waals surface area (Å²) in [6.07, 6.45) is 0.142. The highest BCUT2D eigenvalue weighted by Crippen LogP contribution is 2.40. The van der Waals surface area contributed by atoms with E-state index in [1.165, 1.54) is 31.2 Å². The van der Waals surface area contributed by atoms with Crippen LogP contribution in [0.1, 0.15) is 47.9 Å². The quantitative estimate of drug-likeness (QED) is 0.770. The first kappa shape index (κ1) is 17.1. The number of esters is 1. The van der Waals surface area contributed by atoms with Crippen LogP contribution < -0.4 is 4.90 Å². The van der Waals surface area contributed by atoms with Crippen molar-refractivity contribution in [2.45, 2.75) is 39.3 Å². The van der Waals surface area contributed by atoms with E-state index in [9.17, 15) is 14.0 Å². The molecule has 0 aliphatic carbocycles. The average molecular weight is 341 g/mol. The Kier molecular flexibility index (Phi) is 4.57. The van der Waals surface area contributed by atoms with Gasteiger partial charge in [-0.25, -0.2) is 4.39 Å². The molecule has 0 bridgehead atoms. The minimum absolute atomic E-state index is 0.155. The smallest absolute Gasteiger partial charge is 0.303 e. The number of benzene rings is 2. The van der Waals surface area contributed by atoms with E-state index < -0.39 is 0 Å². The van der Waals surface area contributed by atoms with Gasteiger partial charge in [0.1, 0.15) is 11.9 Å². The Morgan fingerprint density at radius 3 is 2.48 bits per heavy atom. The Morgan fingerprint density at radius 1 is 1.16 bits per heavy atom. The Hall–Kier alpha value is -2.69. The van der Waals surface area contributed by atoms with E-state index in [1.807, 2.05) is 32.0 Å². The van der Waals surface area contributed by atoms with Crippen molar-refractivity contribution < 1.29 is 18.7 Å². The van der Waals surface area contributed by atoms with Crippen LogP contribution in [0.5, 0.6) is 0 Å². The van der Waals surface area contributed by atoms with Gasteiger partial charge in [-0.15, -0.1) is 0 Å². The first-order chi connectivity index (χ1) is 11.9. The van der Waals surface area contributed by atoms with Gasteiger partial charge in [0.15, 0.2) is 0 Å². The molecule has 25 heavy (non-hydrogen) atoms. The molecule has 4 nitrogen and oxygen atoms in total. The standard InChI is InChI=1S/C20H20FNO3/c1-12-4-9-18-17(10-12)19(25-14(3)23)11-13(2)22(18)20(24)15-5-7-16(21)8-6-15/h4-10,13,19H,11H2,1-3H3/t13-,19+/m1/s1. The highest BCUT2D eigenvalue weighted by atomic mass is 19.1. The molecule has 1 aliphatic heterocycles. The fraction of sp³-hybridized carbons (Fsp3) is 0.300. The summed E-state index contributed by atoms with van der Waals surface area (Å²) in [5.74, 6) is -0.920. The molecular formula is C20H20FNO3. The van der Waals surface area contributed by atoms with Gasteiger partial charge in [0, 0.05) is 30.5 Å². The molecule has 3 rings (SSSR count). The number of halogens is 1. The fourth-order valence-corrected chi connectivity index (χ4v) is 3.28. The van der Waals surface area contributed by atoms with Crippen LogP contribution in [0.25, 0.3) is 0 Å². The number of amides is 1. The minimum Gasteiger partial charge on any atom is -0.458 e. The molecular weight excluding hydrogens is 321 g/mol. The SMILES string of the molecule is CC(=O)O[C@H]1C[C@@H](C)N(C(=O)c2ccc(F)cc2)c2ccc(C)cc21. The summed E-state index contributed by atoms with van der Waals surface area (Å²) in [7, 11) is 0. The number of nitrogens with zero attached hydrogens (tertiary/aromatic N) is 1. The average Bonchev–Trinajstić information content (AvgIpc) is 2.55. The van der Waals surface area contributed by atoms with Crippen molar-refractivity contribution in [1.29, 1.82) is 0 Å². The van der Waals surface area contributed by atoms with E-state index in [-0.39, 0.29) is 29.8 Å². The normalized spacial score (nSPS) is 19.3. The second kappa shape index (κ2) is 6.67. The molecule has 1 amide bonds. The van der Waals surface area contributed by atoms with Crippen LogP contribution in [-0.2, 0) is 9.53 Å². The van der Waals surface area contributed by atoms with Gasteiger partial charge in [-0.05, 0) is 44.2 Å². The van der Waals surface area contributed by atoms with E-state index in [2.05, 4.69) is 0 Å². The number of hydrogen-bond donors (Lipinski definition) is 0. The highest BCUT2D eigenvalue weighted by molar-refractivity contribution is 6.07. The highest BCUT2D eigenvalue weighted by Gasteiger charge is 2.35. The van der Waals surface area contributed by atoms with Crippen molar-refractivity contribution in [3.8, 4) is 0 Å². The minimum atomic E-state index is -0.380. The molecule has 2 atom stereocenters. The van der Waals surface area contributed by atoms with Crippen molar-refractivity contribution in [2.24, 2.45) is 0 Å². The summed E-state index contributed by atoms with van der Waals surface area (Å²) in [6.45, 7) is 5.26. The maximum atomic E-state index is 13.2.